The third-order valence-electron chi connectivity index (χ3n) is 2.86. The summed E-state index contributed by atoms with van der Waals surface area (Å²) in [4.78, 5) is 11.9. The van der Waals surface area contributed by atoms with E-state index in [1.54, 1.807) is 18.2 Å². The molecule has 1 aromatic rings. The summed E-state index contributed by atoms with van der Waals surface area (Å²) in [6.45, 7) is 2.79. The molecule has 1 fully saturated rings. The van der Waals surface area contributed by atoms with Gasteiger partial charge in [-0.2, -0.15) is 0 Å². The van der Waals surface area contributed by atoms with Crippen LogP contribution < -0.4 is 10.1 Å². The van der Waals surface area contributed by atoms with Crippen molar-refractivity contribution >= 4 is 17.5 Å². The van der Waals surface area contributed by atoms with E-state index in [-0.39, 0.29) is 5.91 Å². The number of ether oxygens (including phenoxy) is 1. The molecule has 0 spiro atoms. The van der Waals surface area contributed by atoms with Crippen LogP contribution in [0.15, 0.2) is 18.2 Å². The Labute approximate surface area is 112 Å². The second-order valence-corrected chi connectivity index (χ2v) is 5.00. The quantitative estimate of drug-likeness (QED) is 0.802. The molecule has 0 heterocycles. The zero-order valence-corrected chi connectivity index (χ0v) is 11.3. The number of halogens is 1. The van der Waals surface area contributed by atoms with Gasteiger partial charge in [0.1, 0.15) is 5.75 Å². The zero-order chi connectivity index (χ0) is 13.0. The third kappa shape index (κ3) is 3.64. The minimum absolute atomic E-state index is 0.0948. The summed E-state index contributed by atoms with van der Waals surface area (Å²) in [6.07, 6.45) is 4.25. The monoisotopic (exact) mass is 267 g/mol. The number of nitrogens with one attached hydrogen (secondary N) is 1. The first kappa shape index (κ1) is 13.2. The topological polar surface area (TPSA) is 38.3 Å². The summed E-state index contributed by atoms with van der Waals surface area (Å²) < 4.78 is 5.54. The fraction of sp³-hybridized carbons (Fsp3) is 0.500. The SMILES string of the molecule is CCCCOc1ccc(C(=O)NC2CC2)c(Cl)c1. The molecule has 1 saturated carbocycles. The number of amides is 1. The van der Waals surface area contributed by atoms with E-state index in [0.29, 0.717) is 23.2 Å². The van der Waals surface area contributed by atoms with Crippen molar-refractivity contribution in [2.75, 3.05) is 6.61 Å². The molecule has 0 unspecified atom stereocenters. The van der Waals surface area contributed by atoms with Crippen molar-refractivity contribution in [2.45, 2.75) is 38.6 Å². The molecule has 3 nitrogen and oxygen atoms in total. The molecule has 0 atom stereocenters. The second-order valence-electron chi connectivity index (χ2n) is 4.59. The van der Waals surface area contributed by atoms with E-state index in [1.807, 2.05) is 0 Å². The lowest BCUT2D eigenvalue weighted by molar-refractivity contribution is 0.0951. The standard InChI is InChI=1S/C14H18ClNO2/c1-2-3-8-18-11-6-7-12(13(15)9-11)14(17)16-10-4-5-10/h6-7,9-10H,2-5,8H2,1H3,(H,16,17). The number of carbonyl (C=O) groups excluding carboxylic acids is 1. The van der Waals surface area contributed by atoms with Crippen molar-refractivity contribution in [3.8, 4) is 5.75 Å². The molecular weight excluding hydrogens is 250 g/mol. The maximum atomic E-state index is 11.9. The Balaban J connectivity index is 1.97. The van der Waals surface area contributed by atoms with Gasteiger partial charge in [-0.15, -0.1) is 0 Å². The third-order valence-corrected chi connectivity index (χ3v) is 3.18. The molecule has 4 heteroatoms. The minimum atomic E-state index is -0.0948. The van der Waals surface area contributed by atoms with Crippen molar-refractivity contribution in [3.63, 3.8) is 0 Å². The first-order chi connectivity index (χ1) is 8.70. The van der Waals surface area contributed by atoms with Crippen LogP contribution in [0.1, 0.15) is 43.0 Å². The molecule has 1 aliphatic rings. The highest BCUT2D eigenvalue weighted by Crippen LogP contribution is 2.25. The van der Waals surface area contributed by atoms with Gasteiger partial charge in [-0.3, -0.25) is 4.79 Å². The fourth-order valence-electron chi connectivity index (χ4n) is 1.59. The van der Waals surface area contributed by atoms with Gasteiger partial charge in [0.25, 0.3) is 5.91 Å². The lowest BCUT2D eigenvalue weighted by Crippen LogP contribution is -2.25. The molecule has 1 aliphatic carbocycles. The highest BCUT2D eigenvalue weighted by Gasteiger charge is 2.24. The van der Waals surface area contributed by atoms with Gasteiger partial charge in [0.2, 0.25) is 0 Å². The molecule has 2 rings (SSSR count). The van der Waals surface area contributed by atoms with E-state index in [1.165, 1.54) is 0 Å². The average molecular weight is 268 g/mol. The van der Waals surface area contributed by atoms with Gasteiger partial charge in [0.05, 0.1) is 17.2 Å². The maximum Gasteiger partial charge on any atom is 0.253 e. The molecule has 0 bridgehead atoms. The van der Waals surface area contributed by atoms with Crippen LogP contribution in [0.5, 0.6) is 5.75 Å². The van der Waals surface area contributed by atoms with E-state index in [2.05, 4.69) is 12.2 Å². The summed E-state index contributed by atoms with van der Waals surface area (Å²) in [6, 6.07) is 5.57. The number of benzene rings is 1. The molecule has 0 aliphatic heterocycles. The van der Waals surface area contributed by atoms with Crippen molar-refractivity contribution in [1.82, 2.24) is 5.32 Å². The lowest BCUT2D eigenvalue weighted by Gasteiger charge is -2.09. The number of hydrogen-bond acceptors (Lipinski definition) is 2. The van der Waals surface area contributed by atoms with Crippen LogP contribution in [0.25, 0.3) is 0 Å². The molecule has 1 amide bonds. The average Bonchev–Trinajstić information content (AvgIpc) is 3.13. The van der Waals surface area contributed by atoms with Crippen LogP contribution in [-0.2, 0) is 0 Å². The molecular formula is C14H18ClNO2. The van der Waals surface area contributed by atoms with Gasteiger partial charge in [-0.25, -0.2) is 0 Å². The Bertz CT molecular complexity index is 430. The summed E-state index contributed by atoms with van der Waals surface area (Å²) in [5, 5.41) is 3.36. The first-order valence-corrected chi connectivity index (χ1v) is 6.81. The number of carbonyl (C=O) groups is 1. The van der Waals surface area contributed by atoms with Gasteiger partial charge in [0, 0.05) is 6.04 Å². The van der Waals surface area contributed by atoms with Crippen molar-refractivity contribution in [2.24, 2.45) is 0 Å². The van der Waals surface area contributed by atoms with Crippen LogP contribution in [-0.4, -0.2) is 18.6 Å². The lowest BCUT2D eigenvalue weighted by atomic mass is 10.2. The second kappa shape index (κ2) is 6.10. The fourth-order valence-corrected chi connectivity index (χ4v) is 1.85. The molecule has 1 N–H and O–H groups in total. The molecule has 0 aromatic heterocycles. The van der Waals surface area contributed by atoms with Crippen LogP contribution in [0.3, 0.4) is 0 Å². The Morgan fingerprint density at radius 1 is 1.50 bits per heavy atom. The normalized spacial score (nSPS) is 14.3. The van der Waals surface area contributed by atoms with Gasteiger partial charge in [0.15, 0.2) is 0 Å². The van der Waals surface area contributed by atoms with Crippen LogP contribution in [0.4, 0.5) is 0 Å². The smallest absolute Gasteiger partial charge is 0.253 e. The van der Waals surface area contributed by atoms with Gasteiger partial charge in [-0.1, -0.05) is 24.9 Å². The molecule has 0 saturated heterocycles. The summed E-state index contributed by atoms with van der Waals surface area (Å²) in [7, 11) is 0. The predicted molar refractivity (Wildman–Crippen MR) is 72.3 cm³/mol. The van der Waals surface area contributed by atoms with Gasteiger partial charge in [-0.05, 0) is 37.5 Å². The van der Waals surface area contributed by atoms with Crippen LogP contribution in [0.2, 0.25) is 5.02 Å². The van der Waals surface area contributed by atoms with Crippen LogP contribution >= 0.6 is 11.6 Å². The largest absolute Gasteiger partial charge is 0.494 e. The van der Waals surface area contributed by atoms with E-state index in [0.717, 1.165) is 31.4 Å². The Hall–Kier alpha value is -1.22. The van der Waals surface area contributed by atoms with E-state index in [4.69, 9.17) is 16.3 Å². The summed E-state index contributed by atoms with van der Waals surface area (Å²) >= 11 is 6.10. The predicted octanol–water partition coefficient (Wildman–Crippen LogP) is 3.41. The first-order valence-electron chi connectivity index (χ1n) is 6.44. The van der Waals surface area contributed by atoms with Gasteiger partial charge < -0.3 is 10.1 Å². The summed E-state index contributed by atoms with van der Waals surface area (Å²) in [5.74, 6) is 0.624. The Morgan fingerprint density at radius 3 is 2.89 bits per heavy atom. The van der Waals surface area contributed by atoms with E-state index < -0.39 is 0 Å². The molecule has 98 valence electrons. The van der Waals surface area contributed by atoms with Gasteiger partial charge >= 0.3 is 0 Å². The number of unbranched alkanes of at least 4 members (excludes halogenated alkanes) is 1. The number of hydrogen-bond donors (Lipinski definition) is 1. The Morgan fingerprint density at radius 2 is 2.28 bits per heavy atom. The van der Waals surface area contributed by atoms with Crippen molar-refractivity contribution < 1.29 is 9.53 Å². The van der Waals surface area contributed by atoms with Crippen molar-refractivity contribution in [1.29, 1.82) is 0 Å². The highest BCUT2D eigenvalue weighted by molar-refractivity contribution is 6.34. The molecule has 0 radical (unpaired) electrons. The van der Waals surface area contributed by atoms with Crippen LogP contribution in [0, 0.1) is 0 Å². The van der Waals surface area contributed by atoms with E-state index in [9.17, 15) is 4.79 Å². The molecule has 1 aromatic carbocycles. The zero-order valence-electron chi connectivity index (χ0n) is 10.5. The molecule has 18 heavy (non-hydrogen) atoms. The minimum Gasteiger partial charge on any atom is -0.494 e. The van der Waals surface area contributed by atoms with E-state index >= 15 is 0 Å². The Kier molecular flexibility index (Phi) is 4.48. The number of rotatable bonds is 6. The summed E-state index contributed by atoms with van der Waals surface area (Å²) in [5.41, 5.74) is 0.520. The van der Waals surface area contributed by atoms with Crippen molar-refractivity contribution in [3.05, 3.63) is 28.8 Å². The maximum absolute atomic E-state index is 11.9. The highest BCUT2D eigenvalue weighted by atomic mass is 35.5.